The normalized spacial score (nSPS) is 25.0. The lowest BCUT2D eigenvalue weighted by molar-refractivity contribution is -0.224. The fourth-order valence-corrected chi connectivity index (χ4v) is 3.00. The molecule has 1 aliphatic heterocycles. The van der Waals surface area contributed by atoms with Gasteiger partial charge < -0.3 is 28.1 Å². The summed E-state index contributed by atoms with van der Waals surface area (Å²) in [6, 6.07) is 8.84. The smallest absolute Gasteiger partial charge is 0.338 e. The van der Waals surface area contributed by atoms with E-state index in [0.717, 1.165) is 0 Å². The Labute approximate surface area is 157 Å². The van der Waals surface area contributed by atoms with Crippen LogP contribution < -0.4 is 0 Å². The Balaban J connectivity index is 1.83. The highest BCUT2D eigenvalue weighted by Gasteiger charge is 2.55. The van der Waals surface area contributed by atoms with E-state index in [1.807, 2.05) is 13.0 Å². The minimum Gasteiger partial charge on any atom is -0.466 e. The molecule has 0 aliphatic carbocycles. The molecule has 3 rings (SSSR count). The summed E-state index contributed by atoms with van der Waals surface area (Å²) in [5, 5.41) is 0. The molecule has 0 bridgehead atoms. The molecular weight excluding hydrogens is 354 g/mol. The van der Waals surface area contributed by atoms with Crippen molar-refractivity contribution < 1.29 is 32.9 Å². The number of pyridine rings is 1. The van der Waals surface area contributed by atoms with Crippen molar-refractivity contribution >= 4 is 5.97 Å². The highest BCUT2D eigenvalue weighted by molar-refractivity contribution is 5.76. The Morgan fingerprint density at radius 3 is 2.63 bits per heavy atom. The van der Waals surface area contributed by atoms with Crippen LogP contribution in [0, 0.1) is 0 Å². The second kappa shape index (κ2) is 8.62. The molecule has 0 saturated carbocycles. The van der Waals surface area contributed by atoms with Crippen molar-refractivity contribution in [1.82, 2.24) is 4.98 Å². The van der Waals surface area contributed by atoms with Gasteiger partial charge in [-0.05, 0) is 24.3 Å². The van der Waals surface area contributed by atoms with E-state index in [9.17, 15) is 4.79 Å². The Morgan fingerprint density at radius 2 is 2.04 bits per heavy atom. The highest BCUT2D eigenvalue weighted by Crippen LogP contribution is 2.41. The fraction of sp³-hybridized carbons (Fsp3) is 0.474. The summed E-state index contributed by atoms with van der Waals surface area (Å²) >= 11 is 0. The molecule has 0 N–H and O–H groups in total. The van der Waals surface area contributed by atoms with Crippen LogP contribution >= 0.6 is 0 Å². The van der Waals surface area contributed by atoms with Crippen LogP contribution in [0.5, 0.6) is 0 Å². The maximum Gasteiger partial charge on any atom is 0.338 e. The third-order valence-corrected chi connectivity index (χ3v) is 4.36. The number of hydrogen-bond donors (Lipinski definition) is 0. The second-order valence-electron chi connectivity index (χ2n) is 5.97. The van der Waals surface area contributed by atoms with Crippen LogP contribution in [0.15, 0.2) is 47.2 Å². The first kappa shape index (κ1) is 19.5. The summed E-state index contributed by atoms with van der Waals surface area (Å²) < 4.78 is 33.4. The quantitative estimate of drug-likeness (QED) is 0.512. The van der Waals surface area contributed by atoms with E-state index >= 15 is 0 Å². The molecule has 0 radical (unpaired) electrons. The molecule has 0 aromatic carbocycles. The number of rotatable bonds is 8. The molecule has 8 heteroatoms. The number of nitrogens with zero attached hydrogens (tertiary/aromatic N) is 1. The van der Waals surface area contributed by atoms with Crippen LogP contribution in [0.25, 0.3) is 0 Å². The average Bonchev–Trinajstić information content (AvgIpc) is 3.37. The van der Waals surface area contributed by atoms with Gasteiger partial charge in [0, 0.05) is 26.8 Å². The van der Waals surface area contributed by atoms with Crippen LogP contribution in [0.4, 0.5) is 0 Å². The zero-order chi connectivity index (χ0) is 19.3. The Kier molecular flexibility index (Phi) is 6.22. The highest BCUT2D eigenvalue weighted by atomic mass is 16.8. The molecule has 3 heterocycles. The van der Waals surface area contributed by atoms with Gasteiger partial charge in [-0.2, -0.15) is 0 Å². The molecule has 3 unspecified atom stereocenters. The van der Waals surface area contributed by atoms with E-state index in [1.54, 1.807) is 30.5 Å². The summed E-state index contributed by atoms with van der Waals surface area (Å²) in [7, 11) is 2.94. The van der Waals surface area contributed by atoms with Gasteiger partial charge in [-0.25, -0.2) is 4.79 Å². The van der Waals surface area contributed by atoms with Gasteiger partial charge in [-0.3, -0.25) is 4.98 Å². The van der Waals surface area contributed by atoms with E-state index in [4.69, 9.17) is 28.1 Å². The third-order valence-electron chi connectivity index (χ3n) is 4.36. The topological polar surface area (TPSA) is 89.3 Å². The number of furan rings is 1. The van der Waals surface area contributed by atoms with Crippen LogP contribution in [-0.2, 0) is 40.9 Å². The molecular formula is C19H23NO7. The number of ether oxygens (including phenoxy) is 5. The van der Waals surface area contributed by atoms with Crippen LogP contribution in [0.1, 0.15) is 24.8 Å². The van der Waals surface area contributed by atoms with Crippen molar-refractivity contribution in [1.29, 1.82) is 0 Å². The molecule has 146 valence electrons. The van der Waals surface area contributed by atoms with E-state index in [-0.39, 0.29) is 6.61 Å². The van der Waals surface area contributed by atoms with E-state index in [0.29, 0.717) is 17.9 Å². The first-order valence-electron chi connectivity index (χ1n) is 8.65. The van der Waals surface area contributed by atoms with Crippen molar-refractivity contribution in [2.75, 3.05) is 14.2 Å². The van der Waals surface area contributed by atoms with Crippen LogP contribution in [0.2, 0.25) is 0 Å². The third kappa shape index (κ3) is 4.03. The molecule has 2 aromatic heterocycles. The lowest BCUT2D eigenvalue weighted by Gasteiger charge is -2.27. The van der Waals surface area contributed by atoms with Gasteiger partial charge in [0.05, 0.1) is 12.0 Å². The number of esters is 1. The zero-order valence-corrected chi connectivity index (χ0v) is 15.5. The first-order chi connectivity index (χ1) is 13.1. The molecule has 1 saturated heterocycles. The van der Waals surface area contributed by atoms with Gasteiger partial charge in [-0.15, -0.1) is 0 Å². The van der Waals surface area contributed by atoms with Gasteiger partial charge in [0.1, 0.15) is 18.5 Å². The Morgan fingerprint density at radius 1 is 1.22 bits per heavy atom. The Bertz CT molecular complexity index is 717. The second-order valence-corrected chi connectivity index (χ2v) is 5.97. The molecule has 0 amide bonds. The standard InChI is InChI=1S/C19H23NO7/c1-4-19(14-9-5-6-10-20-14)26-15(16(27-19)18(22-2)23-3)17(21)25-12-13-8-7-11-24-13/h5-11,15-16,18H,4,12H2,1-3H3. The summed E-state index contributed by atoms with van der Waals surface area (Å²) in [6.07, 6.45) is 0.890. The van der Waals surface area contributed by atoms with E-state index in [2.05, 4.69) is 4.98 Å². The van der Waals surface area contributed by atoms with Crippen LogP contribution in [-0.4, -0.2) is 43.7 Å². The average molecular weight is 377 g/mol. The largest absolute Gasteiger partial charge is 0.466 e. The maximum atomic E-state index is 12.7. The number of hydrogen-bond acceptors (Lipinski definition) is 8. The van der Waals surface area contributed by atoms with Crippen molar-refractivity contribution in [3.05, 3.63) is 54.2 Å². The summed E-state index contributed by atoms with van der Waals surface area (Å²) in [6.45, 7) is 1.88. The minimum atomic E-state index is -1.20. The van der Waals surface area contributed by atoms with E-state index < -0.39 is 30.3 Å². The lowest BCUT2D eigenvalue weighted by atomic mass is 10.1. The van der Waals surface area contributed by atoms with Crippen molar-refractivity contribution in [2.45, 2.75) is 44.2 Å². The predicted octanol–water partition coefficient (Wildman–Crippen LogP) is 2.38. The molecule has 1 aliphatic rings. The van der Waals surface area contributed by atoms with Gasteiger partial charge >= 0.3 is 5.97 Å². The van der Waals surface area contributed by atoms with Crippen molar-refractivity contribution in [2.24, 2.45) is 0 Å². The van der Waals surface area contributed by atoms with Gasteiger partial charge in [-0.1, -0.05) is 13.0 Å². The van der Waals surface area contributed by atoms with Gasteiger partial charge in [0.2, 0.25) is 5.79 Å². The molecule has 27 heavy (non-hydrogen) atoms. The summed E-state index contributed by atoms with van der Waals surface area (Å²) in [5.41, 5.74) is 0.560. The zero-order valence-electron chi connectivity index (χ0n) is 15.5. The minimum absolute atomic E-state index is 0.00818. The molecule has 8 nitrogen and oxygen atoms in total. The SMILES string of the molecule is CCC1(c2ccccn2)OC(C(=O)OCc2ccco2)C(C(OC)OC)O1. The van der Waals surface area contributed by atoms with Crippen LogP contribution in [0.3, 0.4) is 0 Å². The summed E-state index contributed by atoms with van der Waals surface area (Å²) in [4.78, 5) is 17.1. The van der Waals surface area contributed by atoms with Crippen molar-refractivity contribution in [3.63, 3.8) is 0 Å². The molecule has 3 atom stereocenters. The molecule has 2 aromatic rings. The lowest BCUT2D eigenvalue weighted by Crippen LogP contribution is -2.42. The fourth-order valence-electron chi connectivity index (χ4n) is 3.00. The summed E-state index contributed by atoms with van der Waals surface area (Å²) in [5.74, 6) is -1.27. The monoisotopic (exact) mass is 377 g/mol. The van der Waals surface area contributed by atoms with Gasteiger partial charge in [0.25, 0.3) is 0 Å². The number of carbonyl (C=O) groups is 1. The number of carbonyl (C=O) groups excluding carboxylic acids is 1. The van der Waals surface area contributed by atoms with Gasteiger partial charge in [0.15, 0.2) is 12.4 Å². The maximum absolute atomic E-state index is 12.7. The van der Waals surface area contributed by atoms with E-state index in [1.165, 1.54) is 20.5 Å². The first-order valence-corrected chi connectivity index (χ1v) is 8.65. The number of aromatic nitrogens is 1. The molecule has 1 fully saturated rings. The Hall–Kier alpha value is -2.26. The predicted molar refractivity (Wildman–Crippen MR) is 92.3 cm³/mol. The van der Waals surface area contributed by atoms with Crippen molar-refractivity contribution in [3.8, 4) is 0 Å². The number of methoxy groups -OCH3 is 2. The molecule has 0 spiro atoms.